The quantitative estimate of drug-likeness (QED) is 0.527. The zero-order valence-electron chi connectivity index (χ0n) is 9.70. The van der Waals surface area contributed by atoms with E-state index in [0.717, 1.165) is 0 Å². The van der Waals surface area contributed by atoms with Crippen LogP contribution in [0.3, 0.4) is 0 Å². The molecule has 1 heterocycles. The Balaban J connectivity index is 2.89. The summed E-state index contributed by atoms with van der Waals surface area (Å²) in [5, 5.41) is 9.72. The second-order valence-electron chi connectivity index (χ2n) is 3.36. The molecule has 1 aliphatic rings. The van der Waals surface area contributed by atoms with Crippen LogP contribution in [-0.4, -0.2) is 34.3 Å². The number of nitrogens with zero attached hydrogens (tertiary/aromatic N) is 1. The van der Waals surface area contributed by atoms with Crippen molar-refractivity contribution >= 4 is 14.0 Å². The summed E-state index contributed by atoms with van der Waals surface area (Å²) in [6.07, 6.45) is 1.18. The van der Waals surface area contributed by atoms with E-state index in [2.05, 4.69) is 9.52 Å². The van der Waals surface area contributed by atoms with Gasteiger partial charge in [0.05, 0.1) is 12.3 Å². The summed E-state index contributed by atoms with van der Waals surface area (Å²) in [6.45, 7) is 0.904. The number of aliphatic hydroxyl groups is 1. The maximum absolute atomic E-state index is 10.6. The van der Waals surface area contributed by atoms with Crippen LogP contribution in [0.1, 0.15) is 8.29 Å². The maximum atomic E-state index is 10.6. The lowest BCUT2D eigenvalue weighted by Crippen LogP contribution is -2.32. The summed E-state index contributed by atoms with van der Waals surface area (Å²) in [7, 11) is -4.67. The second kappa shape index (κ2) is 5.07. The van der Waals surface area contributed by atoms with Gasteiger partial charge in [0.15, 0.2) is 0 Å². The first-order chi connectivity index (χ1) is 7.69. The third-order valence-corrected chi connectivity index (χ3v) is 2.67. The standard InChI is InChI=1S/C8H15N2O5P/c1-5-8(11)7(2-9)6(3-10-5)4-15-16(12,13)14/h3,6-7,11H,2,4,9H2,1H3,(H2,12,13,14)/i6D. The van der Waals surface area contributed by atoms with Crippen LogP contribution in [0.2, 0.25) is 0 Å². The largest absolute Gasteiger partial charge is 0.510 e. The first-order valence-corrected chi connectivity index (χ1v) is 6.08. The minimum absolute atomic E-state index is 0.0524. The predicted molar refractivity (Wildman–Crippen MR) is 57.9 cm³/mol. The van der Waals surface area contributed by atoms with E-state index < -0.39 is 26.2 Å². The minimum atomic E-state index is -4.67. The van der Waals surface area contributed by atoms with Gasteiger partial charge < -0.3 is 20.6 Å². The number of phosphoric ester groups is 1. The lowest BCUT2D eigenvalue weighted by molar-refractivity contribution is 0.161. The summed E-state index contributed by atoms with van der Waals surface area (Å²) in [5.41, 5.74) is 5.78. The number of aliphatic imine (C=N–C) groups is 1. The van der Waals surface area contributed by atoms with Gasteiger partial charge in [-0.25, -0.2) is 4.57 Å². The number of hydrogen-bond donors (Lipinski definition) is 4. The molecule has 2 atom stereocenters. The zero-order valence-corrected chi connectivity index (χ0v) is 9.59. The lowest BCUT2D eigenvalue weighted by Gasteiger charge is -2.26. The molecule has 5 N–H and O–H groups in total. The SMILES string of the molecule is [2H]C1(COP(=O)(O)O)C=NC(C)=C(O)C1CN. The average molecular weight is 251 g/mol. The van der Waals surface area contributed by atoms with Crippen molar-refractivity contribution < 1.29 is 25.4 Å². The van der Waals surface area contributed by atoms with Gasteiger partial charge in [0.1, 0.15) is 5.76 Å². The van der Waals surface area contributed by atoms with Gasteiger partial charge in [0.25, 0.3) is 0 Å². The second-order valence-corrected chi connectivity index (χ2v) is 4.60. The Labute approximate surface area is 94.3 Å². The molecule has 0 fully saturated rings. The highest BCUT2D eigenvalue weighted by molar-refractivity contribution is 7.46. The number of nitrogens with two attached hydrogens (primary N) is 1. The molecule has 2 unspecified atom stereocenters. The van der Waals surface area contributed by atoms with E-state index >= 15 is 0 Å². The fraction of sp³-hybridized carbons (Fsp3) is 0.625. The first-order valence-electron chi connectivity index (χ1n) is 5.05. The summed E-state index contributed by atoms with van der Waals surface area (Å²) < 4.78 is 22.9. The van der Waals surface area contributed by atoms with E-state index in [1.807, 2.05) is 0 Å². The number of phosphoric acid groups is 1. The van der Waals surface area contributed by atoms with Crippen molar-refractivity contribution in [2.24, 2.45) is 22.5 Å². The van der Waals surface area contributed by atoms with Gasteiger partial charge in [-0.3, -0.25) is 9.52 Å². The normalized spacial score (nSPS) is 31.8. The van der Waals surface area contributed by atoms with Crippen LogP contribution in [0, 0.1) is 11.8 Å². The van der Waals surface area contributed by atoms with E-state index in [0.29, 0.717) is 5.70 Å². The van der Waals surface area contributed by atoms with Crippen LogP contribution in [0.15, 0.2) is 16.4 Å². The highest BCUT2D eigenvalue weighted by Gasteiger charge is 2.29. The van der Waals surface area contributed by atoms with Crippen LogP contribution < -0.4 is 5.73 Å². The van der Waals surface area contributed by atoms with Crippen LogP contribution in [-0.2, 0) is 9.09 Å². The van der Waals surface area contributed by atoms with Gasteiger partial charge in [0.2, 0.25) is 0 Å². The van der Waals surface area contributed by atoms with Gasteiger partial charge in [0, 0.05) is 25.9 Å². The number of hydrogen-bond acceptors (Lipinski definition) is 5. The van der Waals surface area contributed by atoms with Crippen molar-refractivity contribution in [2.75, 3.05) is 13.2 Å². The van der Waals surface area contributed by atoms with E-state index in [4.69, 9.17) is 16.9 Å². The van der Waals surface area contributed by atoms with Crippen molar-refractivity contribution in [3.8, 4) is 0 Å². The molecule has 0 radical (unpaired) electrons. The smallest absolute Gasteiger partial charge is 0.469 e. The van der Waals surface area contributed by atoms with Crippen LogP contribution in [0.5, 0.6) is 0 Å². The molecule has 0 saturated heterocycles. The molecule has 0 aromatic heterocycles. The summed E-state index contributed by atoms with van der Waals surface area (Å²) in [4.78, 5) is 21.0. The van der Waals surface area contributed by atoms with Crippen molar-refractivity contribution in [3.63, 3.8) is 0 Å². The summed E-state index contributed by atoms with van der Waals surface area (Å²) >= 11 is 0. The Kier molecular flexibility index (Phi) is 3.73. The molecular weight excluding hydrogens is 235 g/mol. The predicted octanol–water partition coefficient (Wildman–Crippen LogP) is 0.161. The molecule has 0 aromatic rings. The van der Waals surface area contributed by atoms with Gasteiger partial charge in [-0.1, -0.05) is 0 Å². The van der Waals surface area contributed by atoms with Crippen LogP contribution in [0.25, 0.3) is 0 Å². The third kappa shape index (κ3) is 3.40. The highest BCUT2D eigenvalue weighted by Crippen LogP contribution is 2.37. The molecule has 0 aromatic carbocycles. The Hall–Kier alpha value is -0.720. The summed E-state index contributed by atoms with van der Waals surface area (Å²) in [6, 6.07) is 0. The van der Waals surface area contributed by atoms with Crippen molar-refractivity contribution in [1.82, 2.24) is 0 Å². The maximum Gasteiger partial charge on any atom is 0.469 e. The monoisotopic (exact) mass is 251 g/mol. The molecule has 16 heavy (non-hydrogen) atoms. The molecule has 0 amide bonds. The molecule has 1 rings (SSSR count). The molecule has 0 saturated carbocycles. The summed E-state index contributed by atoms with van der Waals surface area (Å²) in [5.74, 6) is -2.54. The topological polar surface area (TPSA) is 125 Å². The molecular formula is C8H15N2O5P. The molecule has 0 aliphatic carbocycles. The molecule has 1 aliphatic heterocycles. The fourth-order valence-electron chi connectivity index (χ4n) is 1.32. The van der Waals surface area contributed by atoms with E-state index in [1.165, 1.54) is 6.21 Å². The van der Waals surface area contributed by atoms with Crippen LogP contribution in [0.4, 0.5) is 0 Å². The van der Waals surface area contributed by atoms with Gasteiger partial charge in [-0.15, -0.1) is 0 Å². The zero-order chi connectivity index (χ0) is 13.3. The number of aliphatic hydroxyl groups excluding tert-OH is 1. The van der Waals surface area contributed by atoms with E-state index in [9.17, 15) is 9.67 Å². The Morgan fingerprint density at radius 3 is 2.88 bits per heavy atom. The fourth-order valence-corrected chi connectivity index (χ4v) is 1.64. The number of allylic oxidation sites excluding steroid dienone is 1. The molecule has 0 spiro atoms. The number of rotatable bonds is 4. The van der Waals surface area contributed by atoms with Crippen molar-refractivity contribution in [1.29, 1.82) is 0 Å². The Bertz CT molecular complexity index is 407. The van der Waals surface area contributed by atoms with E-state index in [-0.39, 0.29) is 12.3 Å². The van der Waals surface area contributed by atoms with Gasteiger partial charge in [-0.2, -0.15) is 0 Å². The molecule has 7 nitrogen and oxygen atoms in total. The first kappa shape index (κ1) is 11.8. The lowest BCUT2D eigenvalue weighted by atomic mass is 9.89. The van der Waals surface area contributed by atoms with Crippen molar-refractivity contribution in [2.45, 2.75) is 6.92 Å². The minimum Gasteiger partial charge on any atom is -0.510 e. The average Bonchev–Trinajstić information content (AvgIpc) is 2.22. The molecule has 8 heteroatoms. The van der Waals surface area contributed by atoms with Crippen molar-refractivity contribution in [3.05, 3.63) is 11.5 Å². The van der Waals surface area contributed by atoms with Gasteiger partial charge >= 0.3 is 7.82 Å². The molecule has 92 valence electrons. The Morgan fingerprint density at radius 2 is 2.38 bits per heavy atom. The van der Waals surface area contributed by atoms with Crippen LogP contribution >= 0.6 is 7.82 Å². The molecule has 0 bridgehead atoms. The third-order valence-electron chi connectivity index (χ3n) is 2.21. The van der Waals surface area contributed by atoms with Gasteiger partial charge in [-0.05, 0) is 6.92 Å². The highest BCUT2D eigenvalue weighted by atomic mass is 31.2. The van der Waals surface area contributed by atoms with E-state index in [1.54, 1.807) is 6.92 Å². The Morgan fingerprint density at radius 1 is 1.75 bits per heavy atom.